The molecule has 0 heterocycles. The third-order valence-electron chi connectivity index (χ3n) is 0.203. The molecule has 0 atom stereocenters. The summed E-state index contributed by atoms with van der Waals surface area (Å²) in [6.07, 6.45) is 0. The van der Waals surface area contributed by atoms with Crippen LogP contribution >= 0.6 is 0 Å². The Hall–Kier alpha value is 1.42. The Balaban J connectivity index is -0.000000180. The molecule has 0 unspecified atom stereocenters. The van der Waals surface area contributed by atoms with E-state index in [0.29, 0.717) is 0 Å². The van der Waals surface area contributed by atoms with Crippen LogP contribution in [0.15, 0.2) is 0 Å². The Labute approximate surface area is 99.1 Å². The van der Waals surface area contributed by atoms with Gasteiger partial charge in [0.1, 0.15) is 0 Å². The molecule has 0 aromatic carbocycles. The first-order valence-corrected chi connectivity index (χ1v) is 2.55. The van der Waals surface area contributed by atoms with E-state index >= 15 is 0 Å². The standard InChI is InChI=1S/C2H4O4S.2Na.2H/c1-2(3)6-7(4)5;;;;/h7H,1H3;;;;. The molecule has 0 amide bonds. The zero-order valence-corrected chi connectivity index (χ0v) is 4.47. The molecule has 0 radical (unpaired) electrons. The van der Waals surface area contributed by atoms with Crippen LogP contribution in [0.4, 0.5) is 0 Å². The summed E-state index contributed by atoms with van der Waals surface area (Å²) in [4.78, 5) is 9.65. The molecule has 0 fully saturated rings. The van der Waals surface area contributed by atoms with Crippen LogP contribution in [0, 0.1) is 0 Å². The summed E-state index contributed by atoms with van der Waals surface area (Å²) < 4.78 is 22.4. The van der Waals surface area contributed by atoms with Crippen molar-refractivity contribution < 1.29 is 17.4 Å². The van der Waals surface area contributed by atoms with Gasteiger partial charge in [-0.05, 0) is 0 Å². The van der Waals surface area contributed by atoms with Crippen molar-refractivity contribution in [2.45, 2.75) is 6.92 Å². The van der Waals surface area contributed by atoms with Crippen LogP contribution in [0.3, 0.4) is 0 Å². The molecular formula is C2H6Na2O4S. The van der Waals surface area contributed by atoms with Crippen molar-refractivity contribution in [3.8, 4) is 0 Å². The molecule has 0 saturated carbocycles. The molecule has 46 valence electrons. The SMILES string of the molecule is CC(=O)O[SH](=O)=O.[NaH].[NaH]. The monoisotopic (exact) mass is 172 g/mol. The third-order valence-corrected chi connectivity index (χ3v) is 0.609. The molecule has 0 aromatic rings. The maximum absolute atomic E-state index is 9.65. The predicted molar refractivity (Wildman–Crippen MR) is 36.4 cm³/mol. The van der Waals surface area contributed by atoms with Gasteiger partial charge in [0.15, 0.2) is 0 Å². The maximum atomic E-state index is 9.65. The second-order valence-electron chi connectivity index (χ2n) is 0.806. The fourth-order valence-corrected chi connectivity index (χ4v) is 0.315. The Bertz CT molecular complexity index is 134. The van der Waals surface area contributed by atoms with Gasteiger partial charge < -0.3 is 4.18 Å². The van der Waals surface area contributed by atoms with Crippen LogP contribution in [0.2, 0.25) is 0 Å². The van der Waals surface area contributed by atoms with Crippen LogP contribution in [0.5, 0.6) is 0 Å². The fourth-order valence-electron chi connectivity index (χ4n) is 0.105. The average Bonchev–Trinajstić information content (AvgIpc) is 1.27. The first-order chi connectivity index (χ1) is 3.13. The number of rotatable bonds is 1. The van der Waals surface area contributed by atoms with E-state index in [1.165, 1.54) is 0 Å². The normalized spacial score (nSPS) is 6.89. The molecule has 4 nitrogen and oxygen atoms in total. The topological polar surface area (TPSA) is 60.4 Å². The van der Waals surface area contributed by atoms with E-state index in [1.807, 2.05) is 0 Å². The van der Waals surface area contributed by atoms with Crippen molar-refractivity contribution in [2.75, 3.05) is 0 Å². The summed E-state index contributed by atoms with van der Waals surface area (Å²) in [5, 5.41) is 0. The van der Waals surface area contributed by atoms with Crippen LogP contribution < -0.4 is 0 Å². The van der Waals surface area contributed by atoms with Gasteiger partial charge >= 0.3 is 76.1 Å². The molecule has 0 spiro atoms. The van der Waals surface area contributed by atoms with Crippen LogP contribution in [-0.4, -0.2) is 73.5 Å². The Morgan fingerprint density at radius 1 is 1.33 bits per heavy atom. The molecule has 0 saturated heterocycles. The van der Waals surface area contributed by atoms with Crippen LogP contribution in [0.1, 0.15) is 6.92 Å². The van der Waals surface area contributed by atoms with Gasteiger partial charge in [0.25, 0.3) is 0 Å². The molecular weight excluding hydrogens is 166 g/mol. The van der Waals surface area contributed by atoms with Gasteiger partial charge in [0.05, 0.1) is 0 Å². The number of hydrogen-bond acceptors (Lipinski definition) is 4. The molecule has 0 N–H and O–H groups in total. The summed E-state index contributed by atoms with van der Waals surface area (Å²) in [5.41, 5.74) is 0. The average molecular weight is 172 g/mol. The van der Waals surface area contributed by atoms with Crippen molar-refractivity contribution in [2.24, 2.45) is 0 Å². The summed E-state index contributed by atoms with van der Waals surface area (Å²) in [6, 6.07) is 0. The summed E-state index contributed by atoms with van der Waals surface area (Å²) in [7, 11) is -2.99. The molecule has 0 aliphatic carbocycles. The summed E-state index contributed by atoms with van der Waals surface area (Å²) in [5.74, 6) is -0.809. The Morgan fingerprint density at radius 2 is 1.67 bits per heavy atom. The van der Waals surface area contributed by atoms with Gasteiger partial charge in [0.2, 0.25) is 0 Å². The molecule has 0 bridgehead atoms. The van der Waals surface area contributed by atoms with Crippen molar-refractivity contribution >= 4 is 76.1 Å². The zero-order valence-electron chi connectivity index (χ0n) is 3.58. The van der Waals surface area contributed by atoms with Crippen LogP contribution in [-0.2, 0) is 20.0 Å². The van der Waals surface area contributed by atoms with Crippen LogP contribution in [0.25, 0.3) is 0 Å². The van der Waals surface area contributed by atoms with Crippen molar-refractivity contribution in [1.29, 1.82) is 0 Å². The van der Waals surface area contributed by atoms with Crippen molar-refractivity contribution in [3.63, 3.8) is 0 Å². The molecule has 7 heteroatoms. The van der Waals surface area contributed by atoms with E-state index in [-0.39, 0.29) is 59.1 Å². The van der Waals surface area contributed by atoms with Crippen molar-refractivity contribution in [3.05, 3.63) is 0 Å². The van der Waals surface area contributed by atoms with E-state index in [0.717, 1.165) is 6.92 Å². The molecule has 0 aliphatic rings. The third kappa shape index (κ3) is 17.7. The first kappa shape index (κ1) is 16.8. The second-order valence-corrected chi connectivity index (χ2v) is 1.44. The summed E-state index contributed by atoms with van der Waals surface area (Å²) in [6.45, 7) is 1.02. The number of carbonyl (C=O) groups excluding carboxylic acids is 1. The van der Waals surface area contributed by atoms with Gasteiger partial charge in [-0.15, -0.1) is 0 Å². The number of carbonyl (C=O) groups is 1. The predicted octanol–water partition coefficient (Wildman–Crippen LogP) is -2.22. The molecule has 0 aromatic heterocycles. The van der Waals surface area contributed by atoms with E-state index in [1.54, 1.807) is 0 Å². The zero-order chi connectivity index (χ0) is 5.86. The molecule has 9 heavy (non-hydrogen) atoms. The second kappa shape index (κ2) is 9.42. The molecule has 0 rings (SSSR count). The first-order valence-electron chi connectivity index (χ1n) is 1.46. The fraction of sp³-hybridized carbons (Fsp3) is 0.500. The van der Waals surface area contributed by atoms with Gasteiger partial charge in [0, 0.05) is 6.92 Å². The van der Waals surface area contributed by atoms with Gasteiger partial charge in [-0.25, -0.2) is 0 Å². The minimum atomic E-state index is -2.99. The molecule has 0 aliphatic heterocycles. The van der Waals surface area contributed by atoms with Gasteiger partial charge in [-0.1, -0.05) is 0 Å². The Morgan fingerprint density at radius 3 is 1.67 bits per heavy atom. The Kier molecular flexibility index (Phi) is 17.6. The van der Waals surface area contributed by atoms with E-state index in [2.05, 4.69) is 4.18 Å². The van der Waals surface area contributed by atoms with Crippen molar-refractivity contribution in [1.82, 2.24) is 0 Å². The quantitative estimate of drug-likeness (QED) is 0.359. The van der Waals surface area contributed by atoms with E-state index in [9.17, 15) is 13.2 Å². The number of hydrogen-bond donors (Lipinski definition) is 1. The summed E-state index contributed by atoms with van der Waals surface area (Å²) >= 11 is 0. The van der Waals surface area contributed by atoms with E-state index in [4.69, 9.17) is 0 Å². The minimum absolute atomic E-state index is 0. The van der Waals surface area contributed by atoms with E-state index < -0.39 is 17.0 Å². The van der Waals surface area contributed by atoms with Gasteiger partial charge in [-0.2, -0.15) is 8.42 Å². The van der Waals surface area contributed by atoms with Gasteiger partial charge in [-0.3, -0.25) is 4.79 Å². The number of thiol groups is 1.